The van der Waals surface area contributed by atoms with Crippen LogP contribution in [0.1, 0.15) is 6.92 Å². The van der Waals surface area contributed by atoms with Crippen molar-refractivity contribution in [1.29, 1.82) is 0 Å². The molecule has 2 rings (SSSR count). The van der Waals surface area contributed by atoms with Crippen molar-refractivity contribution in [2.75, 3.05) is 16.0 Å². The Kier molecular flexibility index (Phi) is 5.14. The van der Waals surface area contributed by atoms with Gasteiger partial charge in [-0.25, -0.2) is 0 Å². The summed E-state index contributed by atoms with van der Waals surface area (Å²) in [6.45, 7) is 1.47. The first-order valence-corrected chi connectivity index (χ1v) is 7.03. The van der Waals surface area contributed by atoms with Gasteiger partial charge in [0, 0.05) is 29.0 Å². The Morgan fingerprint density at radius 3 is 2.14 bits per heavy atom. The normalized spacial score (nSPS) is 9.81. The molecular formula is C15H14ClN3OS. The molecule has 4 nitrogen and oxygen atoms in total. The standard InChI is InChI=1S/C15H14ClN3OS/c1-10(20)17-13-3-2-4-14(9-13)19-15(21)18-12-7-5-11(16)6-8-12/h2-9H,1H3,(H,17,20)(H2,18,19,21). The third kappa shape index (κ3) is 5.06. The minimum absolute atomic E-state index is 0.117. The summed E-state index contributed by atoms with van der Waals surface area (Å²) in [5.74, 6) is -0.117. The Hall–Kier alpha value is -2.11. The summed E-state index contributed by atoms with van der Waals surface area (Å²) in [5.41, 5.74) is 2.34. The maximum atomic E-state index is 11.0. The number of carbonyl (C=O) groups is 1. The second kappa shape index (κ2) is 7.06. The highest BCUT2D eigenvalue weighted by molar-refractivity contribution is 7.80. The number of hydrogen-bond donors (Lipinski definition) is 3. The molecule has 0 aliphatic rings. The summed E-state index contributed by atoms with van der Waals surface area (Å²) in [5, 5.41) is 9.95. The lowest BCUT2D eigenvalue weighted by Crippen LogP contribution is -2.19. The van der Waals surface area contributed by atoms with Crippen LogP contribution in [-0.4, -0.2) is 11.0 Å². The van der Waals surface area contributed by atoms with Crippen LogP contribution in [0.3, 0.4) is 0 Å². The van der Waals surface area contributed by atoms with E-state index in [9.17, 15) is 4.79 Å². The average molecular weight is 320 g/mol. The first-order chi connectivity index (χ1) is 10.0. The lowest BCUT2D eigenvalue weighted by atomic mass is 10.2. The van der Waals surface area contributed by atoms with E-state index in [4.69, 9.17) is 23.8 Å². The van der Waals surface area contributed by atoms with Crippen molar-refractivity contribution in [3.63, 3.8) is 0 Å². The van der Waals surface area contributed by atoms with Crippen LogP contribution >= 0.6 is 23.8 Å². The highest BCUT2D eigenvalue weighted by Crippen LogP contribution is 2.17. The SMILES string of the molecule is CC(=O)Nc1cccc(NC(=S)Nc2ccc(Cl)cc2)c1. The fourth-order valence-electron chi connectivity index (χ4n) is 1.70. The van der Waals surface area contributed by atoms with Crippen LogP contribution < -0.4 is 16.0 Å². The van der Waals surface area contributed by atoms with Gasteiger partial charge in [-0.3, -0.25) is 4.79 Å². The molecule has 6 heteroatoms. The molecule has 0 aliphatic heterocycles. The highest BCUT2D eigenvalue weighted by Gasteiger charge is 2.01. The predicted octanol–water partition coefficient (Wildman–Crippen LogP) is 4.11. The van der Waals surface area contributed by atoms with E-state index in [2.05, 4.69) is 16.0 Å². The fourth-order valence-corrected chi connectivity index (χ4v) is 2.07. The second-order valence-electron chi connectivity index (χ2n) is 4.35. The Bertz CT molecular complexity index is 658. The molecule has 0 aliphatic carbocycles. The molecule has 0 unspecified atom stereocenters. The van der Waals surface area contributed by atoms with Crippen molar-refractivity contribution in [2.24, 2.45) is 0 Å². The van der Waals surface area contributed by atoms with Gasteiger partial charge in [-0.05, 0) is 54.7 Å². The van der Waals surface area contributed by atoms with E-state index in [-0.39, 0.29) is 5.91 Å². The van der Waals surface area contributed by atoms with Crippen LogP contribution in [0.2, 0.25) is 5.02 Å². The minimum Gasteiger partial charge on any atom is -0.332 e. The van der Waals surface area contributed by atoms with Crippen molar-refractivity contribution in [2.45, 2.75) is 6.92 Å². The number of hydrogen-bond acceptors (Lipinski definition) is 2. The van der Waals surface area contributed by atoms with Crippen molar-refractivity contribution in [3.8, 4) is 0 Å². The third-order valence-electron chi connectivity index (χ3n) is 2.54. The van der Waals surface area contributed by atoms with Crippen LogP contribution in [0.5, 0.6) is 0 Å². The maximum Gasteiger partial charge on any atom is 0.221 e. The zero-order chi connectivity index (χ0) is 15.2. The molecule has 0 radical (unpaired) electrons. The van der Waals surface area contributed by atoms with E-state index in [1.54, 1.807) is 18.2 Å². The average Bonchev–Trinajstić information content (AvgIpc) is 2.41. The van der Waals surface area contributed by atoms with Gasteiger partial charge in [0.25, 0.3) is 0 Å². The van der Waals surface area contributed by atoms with Crippen molar-refractivity contribution >= 4 is 51.9 Å². The van der Waals surface area contributed by atoms with Gasteiger partial charge >= 0.3 is 0 Å². The van der Waals surface area contributed by atoms with E-state index in [1.807, 2.05) is 30.3 Å². The van der Waals surface area contributed by atoms with E-state index < -0.39 is 0 Å². The molecule has 0 saturated carbocycles. The molecule has 2 aromatic rings. The third-order valence-corrected chi connectivity index (χ3v) is 3.00. The molecule has 108 valence electrons. The molecule has 0 saturated heterocycles. The molecule has 2 aromatic carbocycles. The number of halogens is 1. The molecule has 0 bridgehead atoms. The fraction of sp³-hybridized carbons (Fsp3) is 0.0667. The summed E-state index contributed by atoms with van der Waals surface area (Å²) in [6.07, 6.45) is 0. The van der Waals surface area contributed by atoms with Crippen LogP contribution in [0.25, 0.3) is 0 Å². The van der Waals surface area contributed by atoms with Gasteiger partial charge in [0.1, 0.15) is 0 Å². The largest absolute Gasteiger partial charge is 0.332 e. The van der Waals surface area contributed by atoms with Crippen molar-refractivity contribution < 1.29 is 4.79 Å². The van der Waals surface area contributed by atoms with E-state index in [1.165, 1.54) is 6.92 Å². The maximum absolute atomic E-state index is 11.0. The molecule has 0 fully saturated rings. The zero-order valence-electron chi connectivity index (χ0n) is 11.3. The van der Waals surface area contributed by atoms with Crippen LogP contribution in [-0.2, 0) is 4.79 Å². The molecule has 0 heterocycles. The van der Waals surface area contributed by atoms with E-state index >= 15 is 0 Å². The van der Waals surface area contributed by atoms with Crippen molar-refractivity contribution in [1.82, 2.24) is 0 Å². The predicted molar refractivity (Wildman–Crippen MR) is 92.0 cm³/mol. The zero-order valence-corrected chi connectivity index (χ0v) is 12.9. The summed E-state index contributed by atoms with van der Waals surface area (Å²) < 4.78 is 0. The van der Waals surface area contributed by atoms with E-state index in [0.29, 0.717) is 15.8 Å². The number of benzene rings is 2. The minimum atomic E-state index is -0.117. The lowest BCUT2D eigenvalue weighted by molar-refractivity contribution is -0.114. The molecule has 0 aromatic heterocycles. The Morgan fingerprint density at radius 1 is 0.952 bits per heavy atom. The van der Waals surface area contributed by atoms with Crippen LogP contribution in [0, 0.1) is 0 Å². The van der Waals surface area contributed by atoms with Gasteiger partial charge in [-0.15, -0.1) is 0 Å². The topological polar surface area (TPSA) is 53.2 Å². The molecule has 21 heavy (non-hydrogen) atoms. The Labute approximate surface area is 133 Å². The van der Waals surface area contributed by atoms with Gasteiger partial charge in [-0.1, -0.05) is 17.7 Å². The van der Waals surface area contributed by atoms with Gasteiger partial charge < -0.3 is 16.0 Å². The number of carbonyl (C=O) groups excluding carboxylic acids is 1. The first kappa shape index (κ1) is 15.3. The van der Waals surface area contributed by atoms with Crippen LogP contribution in [0.15, 0.2) is 48.5 Å². The monoisotopic (exact) mass is 319 g/mol. The Morgan fingerprint density at radius 2 is 1.52 bits per heavy atom. The number of rotatable bonds is 3. The van der Waals surface area contributed by atoms with Gasteiger partial charge in [-0.2, -0.15) is 0 Å². The highest BCUT2D eigenvalue weighted by atomic mass is 35.5. The number of anilines is 3. The second-order valence-corrected chi connectivity index (χ2v) is 5.19. The summed E-state index contributed by atoms with van der Waals surface area (Å²) in [4.78, 5) is 11.0. The summed E-state index contributed by atoms with van der Waals surface area (Å²) >= 11 is 11.1. The molecule has 0 atom stereocenters. The number of thiocarbonyl (C=S) groups is 1. The number of nitrogens with one attached hydrogen (secondary N) is 3. The summed E-state index contributed by atoms with van der Waals surface area (Å²) in [7, 11) is 0. The smallest absolute Gasteiger partial charge is 0.221 e. The van der Waals surface area contributed by atoms with Crippen molar-refractivity contribution in [3.05, 3.63) is 53.6 Å². The first-order valence-electron chi connectivity index (χ1n) is 6.24. The van der Waals surface area contributed by atoms with Gasteiger partial charge in [0.2, 0.25) is 5.91 Å². The number of amides is 1. The van der Waals surface area contributed by atoms with E-state index in [0.717, 1.165) is 11.4 Å². The molecule has 3 N–H and O–H groups in total. The Balaban J connectivity index is 1.99. The van der Waals surface area contributed by atoms with Crippen LogP contribution in [0.4, 0.5) is 17.1 Å². The molecular weight excluding hydrogens is 306 g/mol. The quantitative estimate of drug-likeness (QED) is 0.745. The summed E-state index contributed by atoms with van der Waals surface area (Å²) in [6, 6.07) is 14.5. The van der Waals surface area contributed by atoms with Gasteiger partial charge in [0.15, 0.2) is 5.11 Å². The molecule has 1 amide bonds. The molecule has 0 spiro atoms. The van der Waals surface area contributed by atoms with Gasteiger partial charge in [0.05, 0.1) is 0 Å². The lowest BCUT2D eigenvalue weighted by Gasteiger charge is -2.11.